The van der Waals surface area contributed by atoms with E-state index in [-0.39, 0.29) is 0 Å². The highest BCUT2D eigenvalue weighted by Crippen LogP contribution is 2.44. The molecule has 0 spiro atoms. The third-order valence-electron chi connectivity index (χ3n) is 2.33. The van der Waals surface area contributed by atoms with Gasteiger partial charge in [0.15, 0.2) is 0 Å². The molecule has 1 unspecified atom stereocenters. The molecule has 0 bridgehead atoms. The number of hydrogen-bond acceptors (Lipinski definition) is 2. The van der Waals surface area contributed by atoms with Crippen molar-refractivity contribution in [2.24, 2.45) is 11.1 Å². The van der Waals surface area contributed by atoms with Gasteiger partial charge in [-0.15, -0.1) is 0 Å². The molecule has 0 radical (unpaired) electrons. The van der Waals surface area contributed by atoms with Crippen molar-refractivity contribution < 1.29 is 0 Å². The maximum Gasteiger partial charge on any atom is 0.0162 e. The van der Waals surface area contributed by atoms with Crippen LogP contribution in [0.1, 0.15) is 26.7 Å². The zero-order valence-corrected chi connectivity index (χ0v) is 6.98. The lowest BCUT2D eigenvalue weighted by Gasteiger charge is -2.14. The second kappa shape index (κ2) is 2.89. The third kappa shape index (κ3) is 2.27. The van der Waals surface area contributed by atoms with Crippen molar-refractivity contribution in [2.75, 3.05) is 13.1 Å². The van der Waals surface area contributed by atoms with E-state index in [1.807, 2.05) is 0 Å². The van der Waals surface area contributed by atoms with Crippen LogP contribution < -0.4 is 11.1 Å². The second-order valence-corrected chi connectivity index (χ2v) is 3.83. The maximum atomic E-state index is 5.46. The van der Waals surface area contributed by atoms with E-state index in [0.717, 1.165) is 13.1 Å². The molecule has 0 aromatic carbocycles. The van der Waals surface area contributed by atoms with Gasteiger partial charge in [-0.1, -0.05) is 6.92 Å². The summed E-state index contributed by atoms with van der Waals surface area (Å²) in [4.78, 5) is 0. The predicted molar refractivity (Wildman–Crippen MR) is 43.9 cm³/mol. The number of nitrogens with two attached hydrogens (primary N) is 1. The van der Waals surface area contributed by atoms with Crippen LogP contribution in [0.25, 0.3) is 0 Å². The van der Waals surface area contributed by atoms with Crippen LogP contribution in [0.15, 0.2) is 0 Å². The largest absolute Gasteiger partial charge is 0.329 e. The van der Waals surface area contributed by atoms with E-state index in [4.69, 9.17) is 5.73 Å². The van der Waals surface area contributed by atoms with Gasteiger partial charge in [0.25, 0.3) is 0 Å². The summed E-state index contributed by atoms with van der Waals surface area (Å²) in [5.74, 6) is 0. The van der Waals surface area contributed by atoms with Gasteiger partial charge in [0, 0.05) is 19.1 Å². The zero-order chi connectivity index (χ0) is 7.61. The fraction of sp³-hybridized carbons (Fsp3) is 1.00. The van der Waals surface area contributed by atoms with E-state index >= 15 is 0 Å². The van der Waals surface area contributed by atoms with Gasteiger partial charge in [0.2, 0.25) is 0 Å². The first-order valence-corrected chi connectivity index (χ1v) is 4.10. The molecule has 0 aliphatic heterocycles. The first-order chi connectivity index (χ1) is 4.66. The Morgan fingerprint density at radius 2 is 2.20 bits per heavy atom. The lowest BCUT2D eigenvalue weighted by atomic mass is 10.1. The molecular weight excluding hydrogens is 124 g/mol. The van der Waals surface area contributed by atoms with E-state index in [0.29, 0.717) is 11.5 Å². The average Bonchev–Trinajstić information content (AvgIpc) is 2.64. The lowest BCUT2D eigenvalue weighted by Crippen LogP contribution is -2.36. The molecule has 1 rings (SSSR count). The highest BCUT2D eigenvalue weighted by molar-refractivity contribution is 4.90. The van der Waals surface area contributed by atoms with E-state index in [1.54, 1.807) is 0 Å². The molecule has 3 N–H and O–H groups in total. The molecule has 0 aromatic heterocycles. The minimum Gasteiger partial charge on any atom is -0.329 e. The van der Waals surface area contributed by atoms with Gasteiger partial charge in [-0.3, -0.25) is 0 Å². The highest BCUT2D eigenvalue weighted by atomic mass is 14.9. The smallest absolute Gasteiger partial charge is 0.0162 e. The average molecular weight is 142 g/mol. The van der Waals surface area contributed by atoms with E-state index < -0.39 is 0 Å². The van der Waals surface area contributed by atoms with Gasteiger partial charge in [-0.05, 0) is 25.2 Å². The number of rotatable bonds is 4. The van der Waals surface area contributed by atoms with Crippen molar-refractivity contribution in [1.29, 1.82) is 0 Å². The van der Waals surface area contributed by atoms with Crippen molar-refractivity contribution in [3.8, 4) is 0 Å². The van der Waals surface area contributed by atoms with Crippen LogP contribution in [0.2, 0.25) is 0 Å². The molecule has 10 heavy (non-hydrogen) atoms. The highest BCUT2D eigenvalue weighted by Gasteiger charge is 2.36. The van der Waals surface area contributed by atoms with E-state index in [1.165, 1.54) is 12.8 Å². The van der Waals surface area contributed by atoms with Crippen LogP contribution in [0.4, 0.5) is 0 Å². The molecule has 1 aliphatic carbocycles. The topological polar surface area (TPSA) is 38.0 Å². The molecule has 1 atom stereocenters. The monoisotopic (exact) mass is 142 g/mol. The van der Waals surface area contributed by atoms with Crippen LogP contribution in [-0.4, -0.2) is 19.1 Å². The van der Waals surface area contributed by atoms with E-state index in [2.05, 4.69) is 19.2 Å². The van der Waals surface area contributed by atoms with Gasteiger partial charge in [0.1, 0.15) is 0 Å². The first-order valence-electron chi connectivity index (χ1n) is 4.10. The molecule has 2 nitrogen and oxygen atoms in total. The molecular formula is C8H18N2. The predicted octanol–water partition coefficient (Wildman–Crippen LogP) is 0.723. The molecule has 1 saturated carbocycles. The second-order valence-electron chi connectivity index (χ2n) is 3.83. The lowest BCUT2D eigenvalue weighted by molar-refractivity contribution is 0.453. The fourth-order valence-corrected chi connectivity index (χ4v) is 0.894. The molecule has 2 heteroatoms. The van der Waals surface area contributed by atoms with Crippen molar-refractivity contribution in [3.05, 3.63) is 0 Å². The van der Waals surface area contributed by atoms with Crippen LogP contribution in [0.5, 0.6) is 0 Å². The maximum absolute atomic E-state index is 5.46. The summed E-state index contributed by atoms with van der Waals surface area (Å²) >= 11 is 0. The summed E-state index contributed by atoms with van der Waals surface area (Å²) in [5, 5.41) is 3.41. The Kier molecular flexibility index (Phi) is 2.32. The molecule has 0 heterocycles. The minimum absolute atomic E-state index is 0.484. The number of hydrogen-bond donors (Lipinski definition) is 2. The van der Waals surface area contributed by atoms with Crippen molar-refractivity contribution in [3.63, 3.8) is 0 Å². The number of nitrogens with one attached hydrogen (secondary N) is 1. The third-order valence-corrected chi connectivity index (χ3v) is 2.33. The summed E-state index contributed by atoms with van der Waals surface area (Å²) in [7, 11) is 0. The molecule has 1 fully saturated rings. The summed E-state index contributed by atoms with van der Waals surface area (Å²) in [5.41, 5.74) is 6.07. The normalized spacial score (nSPS) is 24.3. The van der Waals surface area contributed by atoms with Gasteiger partial charge < -0.3 is 11.1 Å². The Hall–Kier alpha value is -0.0800. The Balaban J connectivity index is 2.04. The van der Waals surface area contributed by atoms with Crippen LogP contribution in [-0.2, 0) is 0 Å². The molecule has 0 aromatic rings. The van der Waals surface area contributed by atoms with Crippen molar-refractivity contribution in [1.82, 2.24) is 5.32 Å². The molecule has 0 saturated heterocycles. The van der Waals surface area contributed by atoms with Crippen LogP contribution in [0.3, 0.4) is 0 Å². The van der Waals surface area contributed by atoms with Gasteiger partial charge in [-0.25, -0.2) is 0 Å². The Morgan fingerprint density at radius 3 is 2.60 bits per heavy atom. The van der Waals surface area contributed by atoms with Crippen molar-refractivity contribution in [2.45, 2.75) is 32.7 Å². The molecule has 0 amide bonds. The van der Waals surface area contributed by atoms with E-state index in [9.17, 15) is 0 Å². The first kappa shape index (κ1) is 8.02. The Labute approximate surface area is 63.2 Å². The van der Waals surface area contributed by atoms with Gasteiger partial charge >= 0.3 is 0 Å². The van der Waals surface area contributed by atoms with Gasteiger partial charge in [-0.2, -0.15) is 0 Å². The summed E-state index contributed by atoms with van der Waals surface area (Å²) < 4.78 is 0. The van der Waals surface area contributed by atoms with Crippen molar-refractivity contribution >= 4 is 0 Å². The summed E-state index contributed by atoms with van der Waals surface area (Å²) in [6, 6.07) is 0.484. The zero-order valence-electron chi connectivity index (χ0n) is 6.98. The Morgan fingerprint density at radius 1 is 1.60 bits per heavy atom. The molecule has 1 aliphatic rings. The molecule has 60 valence electrons. The minimum atomic E-state index is 0.484. The quantitative estimate of drug-likeness (QED) is 0.607. The van der Waals surface area contributed by atoms with Crippen LogP contribution >= 0.6 is 0 Å². The standard InChI is InChI=1S/C8H18N2/c1-7(5-9)10-6-8(2)3-4-8/h7,10H,3-6,9H2,1-2H3. The summed E-state index contributed by atoms with van der Waals surface area (Å²) in [6.07, 6.45) is 2.77. The fourth-order valence-electron chi connectivity index (χ4n) is 0.894. The SMILES string of the molecule is CC(CN)NCC1(C)CC1. The van der Waals surface area contributed by atoms with Gasteiger partial charge in [0.05, 0.1) is 0 Å². The Bertz CT molecular complexity index is 108. The summed E-state index contributed by atoms with van der Waals surface area (Å²) in [6.45, 7) is 6.34. The van der Waals surface area contributed by atoms with Crippen LogP contribution in [0, 0.1) is 5.41 Å².